The Bertz CT molecular complexity index is 1690. The fraction of sp³-hybridized carbons (Fsp3) is 0.231. The molecule has 5 rings (SSSR count). The Morgan fingerprint density at radius 1 is 1.17 bits per heavy atom. The average Bonchev–Trinajstić information content (AvgIpc) is 3.71. The molecule has 0 bridgehead atoms. The third-order valence-corrected chi connectivity index (χ3v) is 6.03. The van der Waals surface area contributed by atoms with Crippen LogP contribution in [0.2, 0.25) is 0 Å². The molecule has 16 nitrogen and oxygen atoms in total. The van der Waals surface area contributed by atoms with Gasteiger partial charge >= 0.3 is 5.97 Å². The Balaban J connectivity index is 0.000000288. The largest absolute Gasteiger partial charge is 0.497 e. The van der Waals surface area contributed by atoms with Crippen molar-refractivity contribution >= 4 is 45.8 Å². The number of carboxylic acid groups (broad SMARTS) is 1. The normalized spacial score (nSPS) is 11.4. The Hall–Kier alpha value is -5.64. The predicted molar refractivity (Wildman–Crippen MR) is 154 cm³/mol. The lowest BCUT2D eigenvalue weighted by molar-refractivity contribution is -0.138. The van der Waals surface area contributed by atoms with Gasteiger partial charge in [0.05, 0.1) is 19.7 Å². The Morgan fingerprint density at radius 2 is 1.93 bits per heavy atom. The molecule has 0 aliphatic rings. The van der Waals surface area contributed by atoms with E-state index in [0.29, 0.717) is 42.0 Å². The van der Waals surface area contributed by atoms with Crippen molar-refractivity contribution in [2.45, 2.75) is 18.9 Å². The van der Waals surface area contributed by atoms with Gasteiger partial charge in [0.2, 0.25) is 5.76 Å². The number of para-hydroxylation sites is 1. The second kappa shape index (κ2) is 13.1. The number of carbonyl (C=O) groups excluding carboxylic acids is 1. The Morgan fingerprint density at radius 3 is 2.55 bits per heavy atom. The second-order valence-corrected chi connectivity index (χ2v) is 8.78. The lowest BCUT2D eigenvalue weighted by Gasteiger charge is -2.09. The summed E-state index contributed by atoms with van der Waals surface area (Å²) in [6.07, 6.45) is 0.956. The third-order valence-electron chi connectivity index (χ3n) is 6.03. The van der Waals surface area contributed by atoms with E-state index in [1.54, 1.807) is 7.11 Å². The molecule has 16 heteroatoms. The fourth-order valence-corrected chi connectivity index (χ4v) is 4.13. The van der Waals surface area contributed by atoms with Gasteiger partial charge in [0.25, 0.3) is 11.9 Å². The Kier molecular flexibility index (Phi) is 9.18. The molecule has 1 amide bonds. The molecule has 0 saturated carbocycles. The minimum Gasteiger partial charge on any atom is -0.497 e. The molecule has 0 aliphatic carbocycles. The maximum atomic E-state index is 12.8. The molecule has 0 aliphatic heterocycles. The van der Waals surface area contributed by atoms with Gasteiger partial charge in [-0.05, 0) is 48.4 Å². The first-order valence-corrected chi connectivity index (χ1v) is 12.6. The number of aliphatic carboxylic acids is 1. The van der Waals surface area contributed by atoms with Gasteiger partial charge < -0.3 is 40.8 Å². The third kappa shape index (κ3) is 6.39. The summed E-state index contributed by atoms with van der Waals surface area (Å²) in [4.78, 5) is 26.7. The molecule has 3 heterocycles. The number of aromatic amines is 1. The van der Waals surface area contributed by atoms with E-state index in [0.717, 1.165) is 16.6 Å². The fourth-order valence-electron chi connectivity index (χ4n) is 4.13. The number of tetrazole rings is 1. The number of amides is 1. The van der Waals surface area contributed by atoms with Crippen LogP contribution in [0.5, 0.6) is 11.5 Å². The summed E-state index contributed by atoms with van der Waals surface area (Å²) in [5, 5.41) is 24.9. The van der Waals surface area contributed by atoms with E-state index >= 15 is 0 Å². The summed E-state index contributed by atoms with van der Waals surface area (Å²) in [6.45, 7) is 0.420. The number of aromatic nitrogens is 5. The maximum absolute atomic E-state index is 12.8. The van der Waals surface area contributed by atoms with Gasteiger partial charge in [-0.1, -0.05) is 23.3 Å². The monoisotopic (exact) mass is 578 g/mol. The van der Waals surface area contributed by atoms with Gasteiger partial charge in [-0.15, -0.1) is 5.10 Å². The number of H-pyrrole nitrogens is 1. The quantitative estimate of drug-likeness (QED) is 0.0785. The zero-order valence-corrected chi connectivity index (χ0v) is 22.8. The highest BCUT2D eigenvalue weighted by molar-refractivity contribution is 6.14. The molecule has 0 saturated heterocycles. The van der Waals surface area contributed by atoms with Crippen molar-refractivity contribution in [1.82, 2.24) is 25.2 Å². The number of fused-ring (bicyclic) bond motifs is 3. The number of nitrogens with one attached hydrogen (secondary N) is 2. The number of methoxy groups -OCH3 is 2. The number of benzene rings is 2. The summed E-state index contributed by atoms with van der Waals surface area (Å²) < 4.78 is 19.0. The van der Waals surface area contributed by atoms with Gasteiger partial charge in [0.1, 0.15) is 17.3 Å². The molecule has 0 fully saturated rings. The van der Waals surface area contributed by atoms with Gasteiger partial charge in [-0.3, -0.25) is 19.9 Å². The van der Waals surface area contributed by atoms with Gasteiger partial charge in [-0.2, -0.15) is 5.21 Å². The number of anilines is 1. The van der Waals surface area contributed by atoms with Crippen LogP contribution in [-0.4, -0.2) is 74.9 Å². The highest BCUT2D eigenvalue weighted by Crippen LogP contribution is 2.42. The molecule has 1 atom stereocenters. The second-order valence-electron chi connectivity index (χ2n) is 8.78. The van der Waals surface area contributed by atoms with Crippen molar-refractivity contribution in [3.63, 3.8) is 0 Å². The van der Waals surface area contributed by atoms with Crippen molar-refractivity contribution in [3.05, 3.63) is 54.3 Å². The van der Waals surface area contributed by atoms with Crippen LogP contribution in [0.15, 0.2) is 57.9 Å². The van der Waals surface area contributed by atoms with Crippen molar-refractivity contribution < 1.29 is 28.6 Å². The molecule has 0 spiro atoms. The van der Waals surface area contributed by atoms with E-state index < -0.39 is 17.9 Å². The lowest BCUT2D eigenvalue weighted by Crippen LogP contribution is -2.30. The number of hydrogen-bond acceptors (Lipinski definition) is 10. The molecule has 3 aromatic heterocycles. The van der Waals surface area contributed by atoms with Crippen molar-refractivity contribution in [2.24, 2.45) is 22.2 Å². The van der Waals surface area contributed by atoms with Crippen LogP contribution < -0.4 is 32.0 Å². The molecule has 220 valence electrons. The minimum absolute atomic E-state index is 0.00158. The van der Waals surface area contributed by atoms with E-state index in [4.69, 9.17) is 36.2 Å². The van der Waals surface area contributed by atoms with Crippen molar-refractivity contribution in [1.29, 1.82) is 0 Å². The molecular weight excluding hydrogens is 548 g/mol. The number of ether oxygens (including phenoxy) is 2. The molecule has 9 N–H and O–H groups in total. The Labute approximate surface area is 238 Å². The van der Waals surface area contributed by atoms with E-state index in [1.807, 2.05) is 53.1 Å². The molecule has 42 heavy (non-hydrogen) atoms. The molecule has 1 unspecified atom stereocenters. The van der Waals surface area contributed by atoms with Crippen LogP contribution in [0.3, 0.4) is 0 Å². The molecule has 2 aromatic carbocycles. The number of nitrogens with two attached hydrogens (primary N) is 3. The summed E-state index contributed by atoms with van der Waals surface area (Å²) >= 11 is 0. The molecular formula is C26H30N10O6. The summed E-state index contributed by atoms with van der Waals surface area (Å²) in [7, 11) is 3.09. The summed E-state index contributed by atoms with van der Waals surface area (Å²) in [5.41, 5.74) is 18.2. The molecule has 0 radical (unpaired) electrons. The maximum Gasteiger partial charge on any atom is 0.320 e. The highest BCUT2D eigenvalue weighted by atomic mass is 16.5. The van der Waals surface area contributed by atoms with E-state index in [1.165, 1.54) is 7.11 Å². The summed E-state index contributed by atoms with van der Waals surface area (Å²) in [5.74, 6) is -0.547. The van der Waals surface area contributed by atoms with Gasteiger partial charge in [0, 0.05) is 17.6 Å². The number of aliphatic imine (C=N–C) groups is 1. The van der Waals surface area contributed by atoms with E-state index in [-0.39, 0.29) is 17.7 Å². The van der Waals surface area contributed by atoms with Crippen LogP contribution in [0.1, 0.15) is 23.4 Å². The van der Waals surface area contributed by atoms with Crippen LogP contribution in [0, 0.1) is 0 Å². The number of nitrogens with zero attached hydrogens (tertiary/aromatic N) is 5. The predicted octanol–water partition coefficient (Wildman–Crippen LogP) is 1.61. The van der Waals surface area contributed by atoms with Crippen LogP contribution in [-0.2, 0) is 4.79 Å². The number of carbonyl (C=O) groups is 2. The first-order chi connectivity index (χ1) is 20.2. The minimum atomic E-state index is -1.00. The number of carboxylic acids is 1. The number of rotatable bonds is 10. The van der Waals surface area contributed by atoms with Gasteiger partial charge in [0.15, 0.2) is 17.3 Å². The van der Waals surface area contributed by atoms with Crippen LogP contribution in [0.25, 0.3) is 27.7 Å². The van der Waals surface area contributed by atoms with E-state index in [9.17, 15) is 9.59 Å². The van der Waals surface area contributed by atoms with Gasteiger partial charge in [-0.25, -0.2) is 0 Å². The number of furan rings is 1. The first-order valence-electron chi connectivity index (χ1n) is 12.6. The van der Waals surface area contributed by atoms with Crippen molar-refractivity contribution in [2.75, 3.05) is 26.1 Å². The standard InChI is InChI=1S/C20H16N6O4.C6H14N4O2/c1-28-12-8-9-14-13(10-12)16-15(26(14)11-6-4-3-5-7-11)17(29-2)18(30-16)19(27)21-20-22-24-25-23-20;7-4(5(11)12)2-1-3-10-6(8)9/h3-10H,1-2H3,(H2,21,22,23,24,25,27);4H,1-3,7H2,(H,11,12)(H4,8,9,10). The average molecular weight is 579 g/mol. The highest BCUT2D eigenvalue weighted by Gasteiger charge is 2.28. The first kappa shape index (κ1) is 29.3. The number of hydrogen-bond donors (Lipinski definition) is 6. The van der Waals surface area contributed by atoms with Crippen LogP contribution in [0.4, 0.5) is 5.95 Å². The smallest absolute Gasteiger partial charge is 0.320 e. The zero-order valence-electron chi connectivity index (χ0n) is 22.8. The van der Waals surface area contributed by atoms with Crippen molar-refractivity contribution in [3.8, 4) is 17.2 Å². The number of guanidine groups is 1. The zero-order chi connectivity index (χ0) is 30.2. The lowest BCUT2D eigenvalue weighted by atomic mass is 10.2. The molecule has 5 aromatic rings. The van der Waals surface area contributed by atoms with Crippen LogP contribution >= 0.6 is 0 Å². The SMILES string of the molecule is COc1ccc2c(c1)c1oc(C(=O)Nc3nn[nH]n3)c(OC)c1n2-c1ccccc1.NC(N)=NCCCC(N)C(=O)O. The van der Waals surface area contributed by atoms with E-state index in [2.05, 4.69) is 30.9 Å². The summed E-state index contributed by atoms with van der Waals surface area (Å²) in [6, 6.07) is 14.6. The topological polar surface area (TPSA) is 248 Å².